The van der Waals surface area contributed by atoms with Crippen LogP contribution in [0.15, 0.2) is 65.6 Å². The summed E-state index contributed by atoms with van der Waals surface area (Å²) in [4.78, 5) is 39.6. The van der Waals surface area contributed by atoms with E-state index >= 15 is 0 Å². The van der Waals surface area contributed by atoms with Crippen molar-refractivity contribution in [3.05, 3.63) is 65.7 Å². The molecule has 29 heavy (non-hydrogen) atoms. The maximum atomic E-state index is 12.6. The van der Waals surface area contributed by atoms with E-state index in [1.807, 2.05) is 24.3 Å². The fraction of sp³-hybridized carbons (Fsp3) is 0.227. The van der Waals surface area contributed by atoms with Crippen molar-refractivity contribution in [2.24, 2.45) is 11.8 Å². The molecule has 2 atom stereocenters. The Bertz CT molecular complexity index is 947. The van der Waals surface area contributed by atoms with E-state index in [-0.39, 0.29) is 35.3 Å². The number of anilines is 2. The Labute approximate surface area is 178 Å². The predicted molar refractivity (Wildman–Crippen MR) is 115 cm³/mol. The summed E-state index contributed by atoms with van der Waals surface area (Å²) in [5.74, 6) is -0.586. The highest BCUT2D eigenvalue weighted by molar-refractivity contribution is 8.00. The summed E-state index contributed by atoms with van der Waals surface area (Å²) >= 11 is 7.22. The number of hydrogen-bond donors (Lipinski definition) is 1. The lowest BCUT2D eigenvalue weighted by molar-refractivity contribution is -0.122. The van der Waals surface area contributed by atoms with Crippen LogP contribution in [0.3, 0.4) is 0 Å². The van der Waals surface area contributed by atoms with Gasteiger partial charge in [0, 0.05) is 15.6 Å². The first-order chi connectivity index (χ1) is 14.0. The minimum absolute atomic E-state index is 0.118. The lowest BCUT2D eigenvalue weighted by Gasteiger charge is -2.15. The molecule has 0 unspecified atom stereocenters. The van der Waals surface area contributed by atoms with Crippen LogP contribution >= 0.6 is 23.4 Å². The number of amides is 3. The van der Waals surface area contributed by atoms with Crippen molar-refractivity contribution in [3.63, 3.8) is 0 Å². The Morgan fingerprint density at radius 2 is 1.55 bits per heavy atom. The van der Waals surface area contributed by atoms with Crippen molar-refractivity contribution in [2.45, 2.75) is 17.7 Å². The number of nitrogens with one attached hydrogen (secondary N) is 1. The molecule has 2 aromatic rings. The monoisotopic (exact) mass is 426 g/mol. The molecular formula is C22H19ClN2O3S. The van der Waals surface area contributed by atoms with E-state index in [0.717, 1.165) is 4.90 Å². The quantitative estimate of drug-likeness (QED) is 0.433. The average molecular weight is 427 g/mol. The van der Waals surface area contributed by atoms with Crippen LogP contribution < -0.4 is 10.2 Å². The first-order valence-corrected chi connectivity index (χ1v) is 10.7. The Morgan fingerprint density at radius 3 is 2.14 bits per heavy atom. The van der Waals surface area contributed by atoms with Gasteiger partial charge in [-0.3, -0.25) is 19.3 Å². The van der Waals surface area contributed by atoms with Gasteiger partial charge in [0.2, 0.25) is 17.7 Å². The van der Waals surface area contributed by atoms with Crippen molar-refractivity contribution in [1.29, 1.82) is 0 Å². The topological polar surface area (TPSA) is 66.5 Å². The molecule has 0 radical (unpaired) electrons. The summed E-state index contributed by atoms with van der Waals surface area (Å²) in [5, 5.41) is 3.43. The van der Waals surface area contributed by atoms with E-state index in [0.29, 0.717) is 29.2 Å². The van der Waals surface area contributed by atoms with E-state index in [9.17, 15) is 14.4 Å². The van der Waals surface area contributed by atoms with Gasteiger partial charge in [-0.25, -0.2) is 0 Å². The van der Waals surface area contributed by atoms with Crippen LogP contribution in [0.2, 0.25) is 5.02 Å². The first-order valence-electron chi connectivity index (χ1n) is 9.34. The zero-order valence-corrected chi connectivity index (χ0v) is 17.1. The van der Waals surface area contributed by atoms with E-state index in [2.05, 4.69) is 5.32 Å². The molecule has 4 rings (SSSR count). The SMILES string of the molecule is O=C(CSc1ccc(N2C(=O)[C@H]3CC=CC[C@@H]3C2=O)cc1)Nc1ccc(Cl)cc1. The number of carbonyl (C=O) groups excluding carboxylic acids is 3. The highest BCUT2D eigenvalue weighted by Crippen LogP contribution is 2.38. The highest BCUT2D eigenvalue weighted by Gasteiger charge is 2.47. The molecule has 1 fully saturated rings. The number of halogens is 1. The number of imide groups is 1. The number of hydrogen-bond acceptors (Lipinski definition) is 4. The maximum absolute atomic E-state index is 12.6. The van der Waals surface area contributed by atoms with E-state index in [1.54, 1.807) is 36.4 Å². The number of fused-ring (bicyclic) bond motifs is 1. The second kappa shape index (κ2) is 8.43. The molecule has 1 aliphatic heterocycles. The molecule has 1 aliphatic carbocycles. The van der Waals surface area contributed by atoms with Crippen molar-refractivity contribution < 1.29 is 14.4 Å². The van der Waals surface area contributed by atoms with Gasteiger partial charge in [0.05, 0.1) is 23.3 Å². The lowest BCUT2D eigenvalue weighted by atomic mass is 9.85. The first kappa shape index (κ1) is 19.7. The molecule has 1 N–H and O–H groups in total. The molecule has 2 aromatic carbocycles. The van der Waals surface area contributed by atoms with Crippen LogP contribution in [0, 0.1) is 11.8 Å². The normalized spacial score (nSPS) is 20.7. The molecule has 3 amide bonds. The molecular weight excluding hydrogens is 408 g/mol. The van der Waals surface area contributed by atoms with Crippen molar-refractivity contribution in [1.82, 2.24) is 0 Å². The van der Waals surface area contributed by atoms with Crippen molar-refractivity contribution in [3.8, 4) is 0 Å². The van der Waals surface area contributed by atoms with Crippen LogP contribution in [0.1, 0.15) is 12.8 Å². The van der Waals surface area contributed by atoms with Gasteiger partial charge in [-0.2, -0.15) is 0 Å². The molecule has 5 nitrogen and oxygen atoms in total. The number of carbonyl (C=O) groups is 3. The molecule has 1 heterocycles. The van der Waals surface area contributed by atoms with Crippen molar-refractivity contribution in [2.75, 3.05) is 16.0 Å². The molecule has 0 spiro atoms. The largest absolute Gasteiger partial charge is 0.325 e. The number of nitrogens with zero attached hydrogens (tertiary/aromatic N) is 1. The molecule has 148 valence electrons. The highest BCUT2D eigenvalue weighted by atomic mass is 35.5. The third-order valence-electron chi connectivity index (χ3n) is 5.10. The summed E-state index contributed by atoms with van der Waals surface area (Å²) in [6, 6.07) is 14.1. The van der Waals surface area contributed by atoms with Gasteiger partial charge in [0.15, 0.2) is 0 Å². The van der Waals surface area contributed by atoms with Gasteiger partial charge in [-0.05, 0) is 61.4 Å². The van der Waals surface area contributed by atoms with E-state index in [4.69, 9.17) is 11.6 Å². The Balaban J connectivity index is 1.36. The molecule has 0 aromatic heterocycles. The van der Waals surface area contributed by atoms with E-state index < -0.39 is 0 Å². The second-order valence-electron chi connectivity index (χ2n) is 7.01. The van der Waals surface area contributed by atoms with Crippen LogP contribution in [-0.4, -0.2) is 23.5 Å². The molecule has 2 aliphatic rings. The standard InChI is InChI=1S/C22H19ClN2O3S/c23-14-5-7-15(8-6-14)24-20(26)13-29-17-11-9-16(10-12-17)25-21(27)18-3-1-2-4-19(18)22(25)28/h1-2,5-12,18-19H,3-4,13H2,(H,24,26)/t18-,19-/m0/s1. The zero-order chi connectivity index (χ0) is 20.4. The minimum atomic E-state index is -0.238. The summed E-state index contributed by atoms with van der Waals surface area (Å²) in [5.41, 5.74) is 1.28. The Morgan fingerprint density at radius 1 is 0.966 bits per heavy atom. The van der Waals surface area contributed by atoms with Crippen LogP contribution in [0.5, 0.6) is 0 Å². The van der Waals surface area contributed by atoms with Crippen LogP contribution in [-0.2, 0) is 14.4 Å². The zero-order valence-electron chi connectivity index (χ0n) is 15.5. The number of thioether (sulfide) groups is 1. The summed E-state index contributed by atoms with van der Waals surface area (Å²) in [7, 11) is 0. The van der Waals surface area contributed by atoms with E-state index in [1.165, 1.54) is 16.7 Å². The van der Waals surface area contributed by atoms with Gasteiger partial charge in [-0.15, -0.1) is 11.8 Å². The van der Waals surface area contributed by atoms with Gasteiger partial charge in [0.1, 0.15) is 0 Å². The molecule has 7 heteroatoms. The number of allylic oxidation sites excluding steroid dienone is 2. The van der Waals surface area contributed by atoms with Crippen LogP contribution in [0.25, 0.3) is 0 Å². The third kappa shape index (κ3) is 4.23. The fourth-order valence-electron chi connectivity index (χ4n) is 3.63. The second-order valence-corrected chi connectivity index (χ2v) is 8.49. The third-order valence-corrected chi connectivity index (χ3v) is 6.36. The minimum Gasteiger partial charge on any atom is -0.325 e. The lowest BCUT2D eigenvalue weighted by Crippen LogP contribution is -2.30. The summed E-state index contributed by atoms with van der Waals surface area (Å²) in [6.07, 6.45) is 5.21. The predicted octanol–water partition coefficient (Wildman–Crippen LogP) is 4.53. The molecule has 1 saturated heterocycles. The Hall–Kier alpha value is -2.57. The summed E-state index contributed by atoms with van der Waals surface area (Å²) in [6.45, 7) is 0. The van der Waals surface area contributed by atoms with Gasteiger partial charge in [-0.1, -0.05) is 23.8 Å². The molecule has 0 saturated carbocycles. The number of benzene rings is 2. The maximum Gasteiger partial charge on any atom is 0.238 e. The van der Waals surface area contributed by atoms with Gasteiger partial charge < -0.3 is 5.32 Å². The van der Waals surface area contributed by atoms with Crippen LogP contribution in [0.4, 0.5) is 11.4 Å². The Kier molecular flexibility index (Phi) is 5.74. The van der Waals surface area contributed by atoms with Crippen molar-refractivity contribution >= 4 is 52.5 Å². The van der Waals surface area contributed by atoms with Gasteiger partial charge in [0.25, 0.3) is 0 Å². The summed E-state index contributed by atoms with van der Waals surface area (Å²) < 4.78 is 0. The fourth-order valence-corrected chi connectivity index (χ4v) is 4.45. The smallest absolute Gasteiger partial charge is 0.238 e. The average Bonchev–Trinajstić information content (AvgIpc) is 2.99. The number of rotatable bonds is 5. The van der Waals surface area contributed by atoms with Gasteiger partial charge >= 0.3 is 0 Å². The molecule has 0 bridgehead atoms.